The molecular formula is C13H23N3. The first-order valence-electron chi connectivity index (χ1n) is 6.55. The molecule has 16 heavy (non-hydrogen) atoms. The predicted molar refractivity (Wildman–Crippen MR) is 66.6 cm³/mol. The van der Waals surface area contributed by atoms with Crippen molar-refractivity contribution in [3.63, 3.8) is 0 Å². The first-order valence-corrected chi connectivity index (χ1v) is 6.55. The highest BCUT2D eigenvalue weighted by atomic mass is 15.1. The van der Waals surface area contributed by atoms with E-state index in [1.165, 1.54) is 42.9 Å². The Labute approximate surface area is 98.3 Å². The molecule has 1 aliphatic rings. The standard InChI is InChI=1S/C13H23N3/c1-4-10-7-6-8-12-11(9-14-3)15-13(5-2)16(10)12/h10,14H,4-9H2,1-3H3. The van der Waals surface area contributed by atoms with Crippen molar-refractivity contribution >= 4 is 0 Å². The molecular weight excluding hydrogens is 198 g/mol. The summed E-state index contributed by atoms with van der Waals surface area (Å²) in [5, 5.41) is 3.23. The molecule has 0 fully saturated rings. The van der Waals surface area contributed by atoms with Gasteiger partial charge in [-0.05, 0) is 32.7 Å². The summed E-state index contributed by atoms with van der Waals surface area (Å²) in [6.07, 6.45) is 6.14. The maximum atomic E-state index is 4.80. The zero-order valence-electron chi connectivity index (χ0n) is 10.7. The zero-order valence-corrected chi connectivity index (χ0v) is 10.7. The number of fused-ring (bicyclic) bond motifs is 1. The first-order chi connectivity index (χ1) is 7.81. The monoisotopic (exact) mass is 221 g/mol. The Morgan fingerprint density at radius 1 is 1.44 bits per heavy atom. The highest BCUT2D eigenvalue weighted by Gasteiger charge is 2.24. The van der Waals surface area contributed by atoms with Crippen LogP contribution in [0.2, 0.25) is 0 Å². The second-order valence-corrected chi connectivity index (χ2v) is 4.63. The van der Waals surface area contributed by atoms with Gasteiger partial charge in [0, 0.05) is 24.7 Å². The van der Waals surface area contributed by atoms with Gasteiger partial charge in [0.05, 0.1) is 5.69 Å². The van der Waals surface area contributed by atoms with Gasteiger partial charge in [-0.15, -0.1) is 0 Å². The van der Waals surface area contributed by atoms with Crippen molar-refractivity contribution < 1.29 is 0 Å². The van der Waals surface area contributed by atoms with E-state index in [4.69, 9.17) is 4.98 Å². The Bertz CT molecular complexity index is 354. The minimum atomic E-state index is 0.691. The second kappa shape index (κ2) is 5.00. The van der Waals surface area contributed by atoms with Gasteiger partial charge >= 0.3 is 0 Å². The molecule has 0 saturated heterocycles. The van der Waals surface area contributed by atoms with Crippen LogP contribution >= 0.6 is 0 Å². The van der Waals surface area contributed by atoms with E-state index in [1.54, 1.807) is 0 Å². The summed E-state index contributed by atoms with van der Waals surface area (Å²) >= 11 is 0. The normalized spacial score (nSPS) is 19.8. The van der Waals surface area contributed by atoms with Gasteiger partial charge in [-0.3, -0.25) is 0 Å². The minimum absolute atomic E-state index is 0.691. The molecule has 0 aromatic carbocycles. The van der Waals surface area contributed by atoms with Crippen molar-refractivity contribution in [2.75, 3.05) is 7.05 Å². The molecule has 0 saturated carbocycles. The Morgan fingerprint density at radius 3 is 2.88 bits per heavy atom. The number of hydrogen-bond acceptors (Lipinski definition) is 2. The molecule has 0 bridgehead atoms. The van der Waals surface area contributed by atoms with E-state index < -0.39 is 0 Å². The number of rotatable bonds is 4. The van der Waals surface area contributed by atoms with Gasteiger partial charge < -0.3 is 9.88 Å². The number of hydrogen-bond donors (Lipinski definition) is 1. The van der Waals surface area contributed by atoms with E-state index in [1.807, 2.05) is 7.05 Å². The highest BCUT2D eigenvalue weighted by molar-refractivity contribution is 5.20. The third-order valence-electron chi connectivity index (χ3n) is 3.61. The van der Waals surface area contributed by atoms with E-state index in [-0.39, 0.29) is 0 Å². The van der Waals surface area contributed by atoms with Crippen LogP contribution in [-0.4, -0.2) is 16.6 Å². The molecule has 1 aliphatic heterocycles. The molecule has 0 spiro atoms. The zero-order chi connectivity index (χ0) is 11.5. The van der Waals surface area contributed by atoms with Gasteiger partial charge in [0.25, 0.3) is 0 Å². The van der Waals surface area contributed by atoms with Gasteiger partial charge in [0.2, 0.25) is 0 Å². The number of aryl methyl sites for hydroxylation is 1. The van der Waals surface area contributed by atoms with Crippen molar-refractivity contribution in [1.29, 1.82) is 0 Å². The Hall–Kier alpha value is -0.830. The summed E-state index contributed by atoms with van der Waals surface area (Å²) in [6.45, 7) is 5.41. The third-order valence-corrected chi connectivity index (χ3v) is 3.61. The van der Waals surface area contributed by atoms with Crippen LogP contribution in [0.4, 0.5) is 0 Å². The highest BCUT2D eigenvalue weighted by Crippen LogP contribution is 2.31. The predicted octanol–water partition coefficient (Wildman–Crippen LogP) is 2.45. The minimum Gasteiger partial charge on any atom is -0.329 e. The third kappa shape index (κ3) is 1.88. The molecule has 3 nitrogen and oxygen atoms in total. The summed E-state index contributed by atoms with van der Waals surface area (Å²) in [6, 6.07) is 0.691. The van der Waals surface area contributed by atoms with E-state index >= 15 is 0 Å². The van der Waals surface area contributed by atoms with Crippen molar-refractivity contribution in [3.05, 3.63) is 17.2 Å². The lowest BCUT2D eigenvalue weighted by Gasteiger charge is -2.26. The molecule has 0 radical (unpaired) electrons. The molecule has 1 atom stereocenters. The molecule has 2 heterocycles. The molecule has 0 amide bonds. The molecule has 1 unspecified atom stereocenters. The molecule has 2 rings (SSSR count). The van der Waals surface area contributed by atoms with Crippen LogP contribution in [0.3, 0.4) is 0 Å². The topological polar surface area (TPSA) is 29.9 Å². The Morgan fingerprint density at radius 2 is 2.25 bits per heavy atom. The quantitative estimate of drug-likeness (QED) is 0.846. The fourth-order valence-electron chi connectivity index (χ4n) is 2.84. The van der Waals surface area contributed by atoms with Crippen LogP contribution in [0, 0.1) is 0 Å². The Balaban J connectivity index is 2.42. The average Bonchev–Trinajstić information content (AvgIpc) is 2.68. The molecule has 3 heteroatoms. The summed E-state index contributed by atoms with van der Waals surface area (Å²) < 4.78 is 2.52. The van der Waals surface area contributed by atoms with Crippen LogP contribution < -0.4 is 5.32 Å². The van der Waals surface area contributed by atoms with Crippen molar-refractivity contribution in [3.8, 4) is 0 Å². The van der Waals surface area contributed by atoms with Gasteiger partial charge in [-0.2, -0.15) is 0 Å². The summed E-state index contributed by atoms with van der Waals surface area (Å²) in [5.41, 5.74) is 2.77. The fourth-order valence-corrected chi connectivity index (χ4v) is 2.84. The summed E-state index contributed by atoms with van der Waals surface area (Å²) in [4.78, 5) is 4.80. The van der Waals surface area contributed by atoms with Gasteiger partial charge in [0.1, 0.15) is 5.82 Å². The largest absolute Gasteiger partial charge is 0.329 e. The first kappa shape index (κ1) is 11.6. The maximum Gasteiger partial charge on any atom is 0.109 e. The van der Waals surface area contributed by atoms with Gasteiger partial charge in [-0.25, -0.2) is 4.98 Å². The molecule has 1 aromatic rings. The molecule has 1 aromatic heterocycles. The smallest absolute Gasteiger partial charge is 0.109 e. The van der Waals surface area contributed by atoms with E-state index in [0.29, 0.717) is 6.04 Å². The Kier molecular flexibility index (Phi) is 3.64. The van der Waals surface area contributed by atoms with E-state index in [2.05, 4.69) is 23.7 Å². The second-order valence-electron chi connectivity index (χ2n) is 4.63. The number of aromatic nitrogens is 2. The van der Waals surface area contributed by atoms with E-state index in [9.17, 15) is 0 Å². The van der Waals surface area contributed by atoms with Crippen molar-refractivity contribution in [2.45, 2.75) is 58.5 Å². The summed E-state index contributed by atoms with van der Waals surface area (Å²) in [5.74, 6) is 1.28. The lowest BCUT2D eigenvalue weighted by Crippen LogP contribution is -2.20. The lowest BCUT2D eigenvalue weighted by atomic mass is 9.99. The van der Waals surface area contributed by atoms with Gasteiger partial charge in [0.15, 0.2) is 0 Å². The van der Waals surface area contributed by atoms with Crippen LogP contribution in [0.25, 0.3) is 0 Å². The van der Waals surface area contributed by atoms with Crippen molar-refractivity contribution in [2.24, 2.45) is 0 Å². The fraction of sp³-hybridized carbons (Fsp3) is 0.769. The number of nitrogens with zero attached hydrogens (tertiary/aromatic N) is 2. The number of nitrogens with one attached hydrogen (secondary N) is 1. The van der Waals surface area contributed by atoms with Crippen molar-refractivity contribution in [1.82, 2.24) is 14.9 Å². The SMILES string of the molecule is CCc1nc(CNC)c2n1C(CC)CCC2. The van der Waals surface area contributed by atoms with Crippen LogP contribution in [0.15, 0.2) is 0 Å². The number of imidazole rings is 1. The van der Waals surface area contributed by atoms with Crippen LogP contribution in [0.5, 0.6) is 0 Å². The molecule has 0 aliphatic carbocycles. The molecule has 90 valence electrons. The summed E-state index contributed by atoms with van der Waals surface area (Å²) in [7, 11) is 2.00. The van der Waals surface area contributed by atoms with Crippen LogP contribution in [-0.2, 0) is 19.4 Å². The van der Waals surface area contributed by atoms with E-state index in [0.717, 1.165) is 13.0 Å². The average molecular weight is 221 g/mol. The lowest BCUT2D eigenvalue weighted by molar-refractivity contribution is 0.380. The van der Waals surface area contributed by atoms with Crippen LogP contribution in [0.1, 0.15) is 56.4 Å². The van der Waals surface area contributed by atoms with Gasteiger partial charge in [-0.1, -0.05) is 13.8 Å². The molecule has 1 N–H and O–H groups in total. The maximum absolute atomic E-state index is 4.80.